The van der Waals surface area contributed by atoms with Crippen molar-refractivity contribution in [3.63, 3.8) is 0 Å². The maximum Gasteiger partial charge on any atom is 0.472 e. The summed E-state index contributed by atoms with van der Waals surface area (Å²) in [6, 6.07) is -1.81. The topological polar surface area (TPSA) is 483 Å². The van der Waals surface area contributed by atoms with E-state index in [9.17, 15) is 105 Å². The zero-order valence-electron chi connectivity index (χ0n) is 55.9. The Bertz CT molecular complexity index is 2030. The van der Waals surface area contributed by atoms with E-state index in [-0.39, 0.29) is 12.8 Å². The van der Waals surface area contributed by atoms with Gasteiger partial charge in [0, 0.05) is 0 Å². The summed E-state index contributed by atoms with van der Waals surface area (Å²) in [4.78, 5) is 35.2. The van der Waals surface area contributed by atoms with Crippen LogP contribution in [0.1, 0.15) is 251 Å². The van der Waals surface area contributed by atoms with Crippen molar-refractivity contribution >= 4 is 21.6 Å². The number of rotatable bonds is 54. The van der Waals surface area contributed by atoms with E-state index in [1.807, 2.05) is 0 Å². The van der Waals surface area contributed by atoms with E-state index in [2.05, 4.69) is 19.2 Å². The number of amides is 1. The van der Waals surface area contributed by atoms with Gasteiger partial charge < -0.3 is 106 Å². The summed E-state index contributed by atoms with van der Waals surface area (Å²) in [5.74, 6) is -1.24. The third-order valence-electron chi connectivity index (χ3n) is 18.6. The number of ether oxygens (including phenoxy) is 2. The van der Waals surface area contributed by atoms with Crippen LogP contribution >= 0.6 is 15.6 Å². The standard InChI is InChI=1S/C64H125NO27P2/c1-3-5-7-9-11-13-15-17-19-20-21-22-23-24-25-27-29-31-33-35-37-39-44(67)47(69)63(82)65-42(46(68)43(66)38-36-34-32-30-28-26-18-16-14-12-10-8-6-4-2)40-87-93(83,84)92-62-58(80)54(76)53(75)57(79)61(62)90-64-59(81)49(71)48(70)45(89-64)41-88-94(85,86)91-60-55(77)51(73)50(72)52(74)56(60)78/h42-62,64,66-81H,3-41H2,1-2H3,(H,65,82)(H,83,84)(H,85,86)/t42-,43?,44?,45+,46-,47?,48+,49-,50?,51-,52+,53+,54+,55+,56+,57-,58+,59-,60?,61+,62+,64?/m0/s1. The summed E-state index contributed by atoms with van der Waals surface area (Å²) in [5.41, 5.74) is 0. The minimum Gasteiger partial charge on any atom is -0.390 e. The first-order chi connectivity index (χ1) is 44.7. The van der Waals surface area contributed by atoms with Crippen LogP contribution in [-0.4, -0.2) is 245 Å². The molecule has 1 amide bonds. The molecule has 2 aliphatic carbocycles. The monoisotopic (exact) mass is 1400 g/mol. The van der Waals surface area contributed by atoms with Crippen molar-refractivity contribution in [2.24, 2.45) is 0 Å². The maximum absolute atomic E-state index is 13.9. The lowest BCUT2D eigenvalue weighted by atomic mass is 9.84. The van der Waals surface area contributed by atoms with Crippen LogP contribution in [0.5, 0.6) is 0 Å². The van der Waals surface area contributed by atoms with Gasteiger partial charge in [0.1, 0.15) is 104 Å². The van der Waals surface area contributed by atoms with Crippen molar-refractivity contribution in [3.05, 3.63) is 0 Å². The highest BCUT2D eigenvalue weighted by Gasteiger charge is 2.56. The second-order valence-corrected chi connectivity index (χ2v) is 29.4. The molecule has 0 aromatic rings. The number of aliphatic hydroxyl groups excluding tert-OH is 16. The molecule has 0 aromatic heterocycles. The van der Waals surface area contributed by atoms with E-state index in [4.69, 9.17) is 27.6 Å². The minimum atomic E-state index is -5.75. The molecule has 30 heteroatoms. The van der Waals surface area contributed by atoms with Gasteiger partial charge in [-0.25, -0.2) is 9.13 Å². The number of carbonyl (C=O) groups excluding carboxylic acids is 1. The Hall–Kier alpha value is -1.03. The molecule has 0 aromatic carbocycles. The molecule has 3 rings (SSSR count). The Balaban J connectivity index is 1.61. The number of unbranched alkanes of at least 4 members (excludes halogenated alkanes) is 33. The fourth-order valence-corrected chi connectivity index (χ4v) is 14.3. The van der Waals surface area contributed by atoms with Gasteiger partial charge in [0.15, 0.2) is 12.4 Å². The molecule has 2 saturated carbocycles. The average Bonchev–Trinajstić information content (AvgIpc) is 0.812. The minimum absolute atomic E-state index is 0.00763. The van der Waals surface area contributed by atoms with Crippen molar-refractivity contribution in [3.8, 4) is 0 Å². The van der Waals surface area contributed by atoms with Crippen molar-refractivity contribution in [2.45, 2.75) is 386 Å². The van der Waals surface area contributed by atoms with Crippen LogP contribution in [-0.2, 0) is 41.5 Å². The average molecular weight is 1400 g/mol. The number of hydrogen-bond donors (Lipinski definition) is 19. The van der Waals surface area contributed by atoms with Gasteiger partial charge >= 0.3 is 15.6 Å². The van der Waals surface area contributed by atoms with Crippen LogP contribution in [0.25, 0.3) is 0 Å². The van der Waals surface area contributed by atoms with E-state index in [1.54, 1.807) is 0 Å². The predicted molar refractivity (Wildman–Crippen MR) is 345 cm³/mol. The third-order valence-corrected chi connectivity index (χ3v) is 20.6. The summed E-state index contributed by atoms with van der Waals surface area (Å²) in [5, 5.41) is 173. The SMILES string of the molecule is CCCCCCCCCCCCCCCCCCCCCCCC(O)C(O)C(=O)N[C@@H](COP(=O)(O)O[C@@H]1[C@H](O)[C@H](O)[C@@H](O)[C@H](O)[C@H]1OC1O[C@H](COP(=O)(O)OC2[C@H](O)[C@H](O)C(O)[C@H](O)[C@H]2O)[C@@H](O)[C@H](O)[C@@H]1O)[C@H](O)C(O)CCCCCCCCCCCCCCCC. The Kier molecular flexibility index (Phi) is 44.5. The number of hydrogen-bond acceptors (Lipinski definition) is 25. The predicted octanol–water partition coefficient (Wildman–Crippen LogP) is 3.86. The summed E-state index contributed by atoms with van der Waals surface area (Å²) in [6.07, 6.45) is -6.39. The van der Waals surface area contributed by atoms with E-state index >= 15 is 0 Å². The van der Waals surface area contributed by atoms with E-state index < -0.39 is 169 Å². The molecule has 1 aliphatic heterocycles. The summed E-state index contributed by atoms with van der Waals surface area (Å²) in [6.45, 7) is 1.97. The highest BCUT2D eigenvalue weighted by Crippen LogP contribution is 2.49. The maximum atomic E-state index is 13.9. The largest absolute Gasteiger partial charge is 0.472 e. The Morgan fingerprint density at radius 1 is 0.394 bits per heavy atom. The molecule has 8 unspecified atom stereocenters. The number of nitrogens with one attached hydrogen (secondary N) is 1. The normalized spacial score (nSPS) is 31.3. The Morgan fingerprint density at radius 3 is 1.10 bits per heavy atom. The molecule has 3 aliphatic rings. The Morgan fingerprint density at radius 2 is 0.702 bits per heavy atom. The van der Waals surface area contributed by atoms with E-state index in [1.165, 1.54) is 141 Å². The molecule has 94 heavy (non-hydrogen) atoms. The summed E-state index contributed by atoms with van der Waals surface area (Å²) < 4.78 is 57.8. The smallest absolute Gasteiger partial charge is 0.390 e. The van der Waals surface area contributed by atoms with Gasteiger partial charge in [0.25, 0.3) is 5.91 Å². The van der Waals surface area contributed by atoms with Gasteiger partial charge in [-0.05, 0) is 12.8 Å². The quantitative estimate of drug-likeness (QED) is 0.0304. The summed E-state index contributed by atoms with van der Waals surface area (Å²) >= 11 is 0. The zero-order chi connectivity index (χ0) is 69.8. The second-order valence-electron chi connectivity index (χ2n) is 26.6. The van der Waals surface area contributed by atoms with Crippen molar-refractivity contribution < 1.29 is 133 Å². The highest BCUT2D eigenvalue weighted by molar-refractivity contribution is 7.47. The van der Waals surface area contributed by atoms with Crippen LogP contribution in [0.4, 0.5) is 0 Å². The van der Waals surface area contributed by atoms with Gasteiger partial charge in [0.05, 0.1) is 31.5 Å². The second kappa shape index (κ2) is 48.0. The van der Waals surface area contributed by atoms with E-state index in [0.717, 1.165) is 64.2 Å². The number of carbonyl (C=O) groups is 1. The molecule has 0 bridgehead atoms. The number of aliphatic hydroxyl groups is 16. The van der Waals surface area contributed by atoms with Crippen LogP contribution < -0.4 is 5.32 Å². The van der Waals surface area contributed by atoms with Gasteiger partial charge in [-0.2, -0.15) is 0 Å². The molecule has 28 nitrogen and oxygen atoms in total. The molecule has 558 valence electrons. The Labute approximate surface area is 557 Å². The molecule has 24 atom stereocenters. The number of phosphoric ester groups is 2. The van der Waals surface area contributed by atoms with Crippen LogP contribution in [0.2, 0.25) is 0 Å². The van der Waals surface area contributed by atoms with Crippen molar-refractivity contribution in [2.75, 3.05) is 13.2 Å². The molecule has 0 spiro atoms. The lowest BCUT2D eigenvalue weighted by molar-refractivity contribution is -0.337. The first-order valence-electron chi connectivity index (χ1n) is 35.5. The molecule has 19 N–H and O–H groups in total. The van der Waals surface area contributed by atoms with Crippen LogP contribution in [0.3, 0.4) is 0 Å². The van der Waals surface area contributed by atoms with Gasteiger partial charge in [-0.3, -0.25) is 22.9 Å². The third kappa shape index (κ3) is 31.9. The van der Waals surface area contributed by atoms with Crippen LogP contribution in [0, 0.1) is 0 Å². The number of phosphoric acid groups is 2. The highest BCUT2D eigenvalue weighted by atomic mass is 31.2. The van der Waals surface area contributed by atoms with Gasteiger partial charge in [-0.1, -0.05) is 239 Å². The first kappa shape index (κ1) is 87.2. The zero-order valence-corrected chi connectivity index (χ0v) is 57.7. The van der Waals surface area contributed by atoms with Crippen LogP contribution in [0.15, 0.2) is 0 Å². The molecule has 1 heterocycles. The fraction of sp³-hybridized carbons (Fsp3) is 0.984. The van der Waals surface area contributed by atoms with Crippen molar-refractivity contribution in [1.29, 1.82) is 0 Å². The van der Waals surface area contributed by atoms with Gasteiger partial charge in [-0.15, -0.1) is 0 Å². The molecule has 3 fully saturated rings. The summed E-state index contributed by atoms with van der Waals surface area (Å²) in [7, 11) is -11.3. The lowest BCUT2D eigenvalue weighted by Crippen LogP contribution is -2.67. The van der Waals surface area contributed by atoms with E-state index in [0.29, 0.717) is 19.3 Å². The molecular formula is C64H125NO27P2. The lowest BCUT2D eigenvalue weighted by Gasteiger charge is -2.47. The molecular weight excluding hydrogens is 1280 g/mol. The van der Waals surface area contributed by atoms with Crippen molar-refractivity contribution in [1.82, 2.24) is 5.32 Å². The molecule has 1 saturated heterocycles. The first-order valence-corrected chi connectivity index (χ1v) is 38.5. The fourth-order valence-electron chi connectivity index (χ4n) is 12.4. The molecule has 0 radical (unpaired) electrons. The van der Waals surface area contributed by atoms with Gasteiger partial charge in [0.2, 0.25) is 0 Å².